The highest BCUT2D eigenvalue weighted by Gasteiger charge is 2.36. The van der Waals surface area contributed by atoms with Crippen LogP contribution in [0.2, 0.25) is 0 Å². The fraction of sp³-hybridized carbons (Fsp3) is 0.833. The van der Waals surface area contributed by atoms with E-state index in [1.54, 1.807) is 6.92 Å². The van der Waals surface area contributed by atoms with Crippen LogP contribution in [0.4, 0.5) is 0 Å². The minimum Gasteiger partial charge on any atom is -0.392 e. The maximum atomic E-state index is 12.2. The predicted octanol–water partition coefficient (Wildman–Crippen LogP) is 1.37. The fourth-order valence-corrected chi connectivity index (χ4v) is 2.14. The van der Waals surface area contributed by atoms with Gasteiger partial charge in [-0.25, -0.2) is 0 Å². The molecule has 1 aliphatic heterocycles. The Hall–Kier alpha value is -0.680. The molecule has 4 nitrogen and oxygen atoms in total. The number of ether oxygens (including phenoxy) is 1. The molecule has 3 atom stereocenters. The van der Waals surface area contributed by atoms with Crippen molar-refractivity contribution in [1.29, 1.82) is 0 Å². The summed E-state index contributed by atoms with van der Waals surface area (Å²) < 4.78 is 5.54. The molecule has 0 saturated carbocycles. The van der Waals surface area contributed by atoms with E-state index in [0.29, 0.717) is 6.42 Å². The number of hydrogen-bond donors (Lipinski definition) is 2. The van der Waals surface area contributed by atoms with Crippen molar-refractivity contribution in [1.82, 2.24) is 5.32 Å². The Morgan fingerprint density at radius 3 is 2.76 bits per heavy atom. The van der Waals surface area contributed by atoms with E-state index < -0.39 is 5.41 Å². The van der Waals surface area contributed by atoms with Crippen LogP contribution in [0, 0.1) is 5.41 Å². The summed E-state index contributed by atoms with van der Waals surface area (Å²) in [5.41, 5.74) is 4.89. The molecule has 1 fully saturated rings. The van der Waals surface area contributed by atoms with E-state index in [1.807, 2.05) is 13.8 Å². The molecule has 0 radical (unpaired) electrons. The molecule has 0 aliphatic carbocycles. The third-order valence-electron chi connectivity index (χ3n) is 3.63. The van der Waals surface area contributed by atoms with Gasteiger partial charge >= 0.3 is 0 Å². The minimum atomic E-state index is -0.762. The molecular formula is C12H22N2O2S. The minimum absolute atomic E-state index is 0.00484. The average Bonchev–Trinajstić information content (AvgIpc) is 2.80. The summed E-state index contributed by atoms with van der Waals surface area (Å²) in [5.74, 6) is -0.101. The van der Waals surface area contributed by atoms with Crippen molar-refractivity contribution in [2.45, 2.75) is 52.2 Å². The maximum Gasteiger partial charge on any atom is 0.233 e. The summed E-state index contributed by atoms with van der Waals surface area (Å²) in [5, 5.41) is 2.96. The quantitative estimate of drug-likeness (QED) is 0.731. The van der Waals surface area contributed by atoms with Crippen LogP contribution in [0.15, 0.2) is 0 Å². The Balaban J connectivity index is 2.60. The molecule has 0 aromatic carbocycles. The summed E-state index contributed by atoms with van der Waals surface area (Å²) in [7, 11) is 0. The number of carbonyl (C=O) groups excluding carboxylic acids is 1. The molecular weight excluding hydrogens is 236 g/mol. The lowest BCUT2D eigenvalue weighted by Gasteiger charge is -2.29. The second-order valence-corrected chi connectivity index (χ2v) is 5.30. The molecule has 5 heteroatoms. The van der Waals surface area contributed by atoms with Gasteiger partial charge in [0, 0.05) is 6.61 Å². The molecule has 0 aromatic rings. The van der Waals surface area contributed by atoms with Gasteiger partial charge in [0.05, 0.1) is 22.5 Å². The molecule has 1 rings (SSSR count). The molecule has 17 heavy (non-hydrogen) atoms. The van der Waals surface area contributed by atoms with Crippen LogP contribution in [0.3, 0.4) is 0 Å². The molecule has 0 bridgehead atoms. The van der Waals surface area contributed by atoms with Gasteiger partial charge in [0.25, 0.3) is 0 Å². The van der Waals surface area contributed by atoms with Crippen LogP contribution in [0.25, 0.3) is 0 Å². The third-order valence-corrected chi connectivity index (χ3v) is 4.08. The third kappa shape index (κ3) is 3.16. The molecule has 1 heterocycles. The first-order chi connectivity index (χ1) is 7.91. The van der Waals surface area contributed by atoms with Crippen LogP contribution in [0.5, 0.6) is 0 Å². The SMILES string of the molecule is CCC(C)(C(=O)NC(C)C1CCCO1)C(N)=S. The molecule has 1 saturated heterocycles. The Morgan fingerprint density at radius 2 is 2.35 bits per heavy atom. The molecule has 0 spiro atoms. The van der Waals surface area contributed by atoms with Crippen molar-refractivity contribution >= 4 is 23.1 Å². The van der Waals surface area contributed by atoms with E-state index in [2.05, 4.69) is 5.32 Å². The Morgan fingerprint density at radius 1 is 1.71 bits per heavy atom. The van der Waals surface area contributed by atoms with Crippen molar-refractivity contribution in [3.63, 3.8) is 0 Å². The lowest BCUT2D eigenvalue weighted by atomic mass is 9.86. The van der Waals surface area contributed by atoms with Crippen LogP contribution < -0.4 is 11.1 Å². The molecule has 3 N–H and O–H groups in total. The van der Waals surface area contributed by atoms with E-state index in [0.717, 1.165) is 19.4 Å². The first kappa shape index (κ1) is 14.4. The maximum absolute atomic E-state index is 12.2. The second kappa shape index (κ2) is 5.78. The highest BCUT2D eigenvalue weighted by Crippen LogP contribution is 2.23. The van der Waals surface area contributed by atoms with E-state index in [1.165, 1.54) is 0 Å². The Bertz CT molecular complexity index is 303. The first-order valence-corrected chi connectivity index (χ1v) is 6.55. The second-order valence-electron chi connectivity index (χ2n) is 4.86. The zero-order chi connectivity index (χ0) is 13.1. The first-order valence-electron chi connectivity index (χ1n) is 6.14. The number of nitrogens with two attached hydrogens (primary N) is 1. The molecule has 3 unspecified atom stereocenters. The van der Waals surface area contributed by atoms with Gasteiger partial charge < -0.3 is 15.8 Å². The van der Waals surface area contributed by atoms with E-state index in [9.17, 15) is 4.79 Å². The average molecular weight is 258 g/mol. The highest BCUT2D eigenvalue weighted by atomic mass is 32.1. The molecule has 98 valence electrons. The van der Waals surface area contributed by atoms with Crippen molar-refractivity contribution in [2.24, 2.45) is 11.1 Å². The smallest absolute Gasteiger partial charge is 0.233 e. The molecule has 0 aromatic heterocycles. The van der Waals surface area contributed by atoms with Crippen LogP contribution in [-0.4, -0.2) is 29.6 Å². The number of carbonyl (C=O) groups is 1. The van der Waals surface area contributed by atoms with Crippen molar-refractivity contribution in [3.05, 3.63) is 0 Å². The van der Waals surface area contributed by atoms with Crippen LogP contribution in [-0.2, 0) is 9.53 Å². The fourth-order valence-electron chi connectivity index (χ4n) is 1.90. The standard InChI is InChI=1S/C12H22N2O2S/c1-4-12(3,10(13)17)11(15)14-8(2)9-6-5-7-16-9/h8-9H,4-7H2,1-3H3,(H2,13,17)(H,14,15). The van der Waals surface area contributed by atoms with E-state index >= 15 is 0 Å². The number of nitrogens with one attached hydrogen (secondary N) is 1. The lowest BCUT2D eigenvalue weighted by Crippen LogP contribution is -2.51. The number of hydrogen-bond acceptors (Lipinski definition) is 3. The number of rotatable bonds is 5. The lowest BCUT2D eigenvalue weighted by molar-refractivity contribution is -0.128. The Labute approximate surface area is 108 Å². The normalized spacial score (nSPS) is 25.0. The van der Waals surface area contributed by atoms with Gasteiger partial charge in [0.1, 0.15) is 0 Å². The highest BCUT2D eigenvalue weighted by molar-refractivity contribution is 7.80. The van der Waals surface area contributed by atoms with Crippen molar-refractivity contribution < 1.29 is 9.53 Å². The van der Waals surface area contributed by atoms with Gasteiger partial charge in [-0.15, -0.1) is 0 Å². The number of amides is 1. The molecule has 1 amide bonds. The monoisotopic (exact) mass is 258 g/mol. The summed E-state index contributed by atoms with van der Waals surface area (Å²) in [6.45, 7) is 6.44. The van der Waals surface area contributed by atoms with Crippen molar-refractivity contribution in [2.75, 3.05) is 6.61 Å². The zero-order valence-corrected chi connectivity index (χ0v) is 11.6. The predicted molar refractivity (Wildman–Crippen MR) is 71.8 cm³/mol. The molecule has 1 aliphatic rings. The van der Waals surface area contributed by atoms with Crippen LogP contribution in [0.1, 0.15) is 40.0 Å². The van der Waals surface area contributed by atoms with Gasteiger partial charge in [-0.1, -0.05) is 19.1 Å². The summed E-state index contributed by atoms with van der Waals surface area (Å²) >= 11 is 4.98. The van der Waals surface area contributed by atoms with E-state index in [4.69, 9.17) is 22.7 Å². The van der Waals surface area contributed by atoms with Crippen LogP contribution >= 0.6 is 12.2 Å². The summed E-state index contributed by atoms with van der Waals surface area (Å²) in [6, 6.07) is 0.00484. The largest absolute Gasteiger partial charge is 0.392 e. The van der Waals surface area contributed by atoms with Gasteiger partial charge in [-0.05, 0) is 33.1 Å². The van der Waals surface area contributed by atoms with Gasteiger partial charge in [0.15, 0.2) is 0 Å². The van der Waals surface area contributed by atoms with Gasteiger partial charge in [-0.3, -0.25) is 4.79 Å². The summed E-state index contributed by atoms with van der Waals surface area (Å²) in [4.78, 5) is 12.4. The van der Waals surface area contributed by atoms with Gasteiger partial charge in [0.2, 0.25) is 5.91 Å². The Kier molecular flexibility index (Phi) is 4.89. The zero-order valence-electron chi connectivity index (χ0n) is 10.8. The number of thiocarbonyl (C=S) groups is 1. The summed E-state index contributed by atoms with van der Waals surface area (Å²) in [6.07, 6.45) is 2.78. The van der Waals surface area contributed by atoms with Gasteiger partial charge in [-0.2, -0.15) is 0 Å². The topological polar surface area (TPSA) is 64.3 Å². The van der Waals surface area contributed by atoms with E-state index in [-0.39, 0.29) is 23.0 Å². The van der Waals surface area contributed by atoms with Crippen molar-refractivity contribution in [3.8, 4) is 0 Å².